The summed E-state index contributed by atoms with van der Waals surface area (Å²) >= 11 is 0. The van der Waals surface area contributed by atoms with Crippen LogP contribution in [0.4, 0.5) is 4.39 Å². The number of aromatic nitrogens is 2. The zero-order valence-corrected chi connectivity index (χ0v) is 15.6. The number of hydrogen-bond acceptors (Lipinski definition) is 2. The number of nitrogens with zero attached hydrogens (tertiary/aromatic N) is 2. The van der Waals surface area contributed by atoms with Crippen molar-refractivity contribution in [2.45, 2.75) is 0 Å². The van der Waals surface area contributed by atoms with E-state index in [1.54, 1.807) is 18.3 Å². The van der Waals surface area contributed by atoms with Gasteiger partial charge >= 0.3 is 0 Å². The molecule has 0 N–H and O–H groups in total. The molecule has 138 valence electrons. The zero-order chi connectivity index (χ0) is 19.6. The number of fused-ring (bicyclic) bond motifs is 1. The molecule has 0 fully saturated rings. The lowest BCUT2D eigenvalue weighted by Gasteiger charge is -2.08. The fourth-order valence-corrected chi connectivity index (χ4v) is 3.50. The molecule has 3 heteroatoms. The first kappa shape index (κ1) is 17.3. The predicted octanol–water partition coefficient (Wildman–Crippen LogP) is 6.77. The van der Waals surface area contributed by atoms with Crippen LogP contribution in [0.25, 0.3) is 44.3 Å². The van der Waals surface area contributed by atoms with Crippen LogP contribution in [-0.2, 0) is 0 Å². The molecule has 5 rings (SSSR count). The minimum Gasteiger partial charge on any atom is -0.264 e. The van der Waals surface area contributed by atoms with Crippen LogP contribution in [0, 0.1) is 5.82 Å². The second-order valence-corrected chi connectivity index (χ2v) is 6.96. The highest BCUT2D eigenvalue weighted by Crippen LogP contribution is 2.29. The van der Waals surface area contributed by atoms with Gasteiger partial charge in [-0.05, 0) is 69.9 Å². The summed E-state index contributed by atoms with van der Waals surface area (Å²) in [5.74, 6) is -0.223. The lowest BCUT2D eigenvalue weighted by Crippen LogP contribution is -1.86. The standard InChI is InChI=1S/C26H17FN2/c27-25-10-7-18(8-11-25)20-5-3-19-4-6-21(15-24(19)14-20)22-9-12-26(29-17-22)23-2-1-13-28-16-23/h1-17H. The molecule has 0 unspecified atom stereocenters. The quantitative estimate of drug-likeness (QED) is 0.347. The second kappa shape index (κ2) is 7.28. The van der Waals surface area contributed by atoms with Crippen LogP contribution in [0.2, 0.25) is 0 Å². The predicted molar refractivity (Wildman–Crippen MR) is 116 cm³/mol. The summed E-state index contributed by atoms with van der Waals surface area (Å²) in [4.78, 5) is 8.76. The highest BCUT2D eigenvalue weighted by molar-refractivity contribution is 5.90. The van der Waals surface area contributed by atoms with Gasteiger partial charge in [0.25, 0.3) is 0 Å². The van der Waals surface area contributed by atoms with Crippen molar-refractivity contribution in [3.63, 3.8) is 0 Å². The Labute approximate surface area is 168 Å². The van der Waals surface area contributed by atoms with Crippen molar-refractivity contribution < 1.29 is 4.39 Å². The van der Waals surface area contributed by atoms with E-state index in [0.29, 0.717) is 0 Å². The molecule has 0 saturated heterocycles. The molecule has 0 amide bonds. The van der Waals surface area contributed by atoms with Gasteiger partial charge in [-0.1, -0.05) is 42.5 Å². The van der Waals surface area contributed by atoms with E-state index in [-0.39, 0.29) is 5.82 Å². The molecule has 5 aromatic rings. The van der Waals surface area contributed by atoms with Crippen LogP contribution in [0.5, 0.6) is 0 Å². The van der Waals surface area contributed by atoms with Gasteiger partial charge in [-0.25, -0.2) is 4.39 Å². The van der Waals surface area contributed by atoms with Gasteiger partial charge in [-0.3, -0.25) is 9.97 Å². The van der Waals surface area contributed by atoms with Crippen LogP contribution in [0.1, 0.15) is 0 Å². The molecule has 2 aromatic heterocycles. The van der Waals surface area contributed by atoms with E-state index in [1.807, 2.05) is 30.6 Å². The van der Waals surface area contributed by atoms with Crippen molar-refractivity contribution in [1.82, 2.24) is 9.97 Å². The van der Waals surface area contributed by atoms with Crippen LogP contribution >= 0.6 is 0 Å². The number of hydrogen-bond donors (Lipinski definition) is 0. The third kappa shape index (κ3) is 3.50. The molecule has 0 aliphatic rings. The van der Waals surface area contributed by atoms with Gasteiger partial charge < -0.3 is 0 Å². The molecular formula is C26H17FN2. The van der Waals surface area contributed by atoms with Gasteiger partial charge in [0.2, 0.25) is 0 Å². The molecule has 2 nitrogen and oxygen atoms in total. The molecule has 0 aliphatic carbocycles. The molecular weight excluding hydrogens is 359 g/mol. The highest BCUT2D eigenvalue weighted by Gasteiger charge is 2.05. The van der Waals surface area contributed by atoms with Gasteiger partial charge in [-0.2, -0.15) is 0 Å². The van der Waals surface area contributed by atoms with E-state index < -0.39 is 0 Å². The topological polar surface area (TPSA) is 25.8 Å². The molecule has 3 aromatic carbocycles. The van der Waals surface area contributed by atoms with Crippen LogP contribution in [0.3, 0.4) is 0 Å². The van der Waals surface area contributed by atoms with E-state index in [2.05, 4.69) is 52.4 Å². The number of pyridine rings is 2. The summed E-state index contributed by atoms with van der Waals surface area (Å²) < 4.78 is 13.2. The molecule has 0 bridgehead atoms. The summed E-state index contributed by atoms with van der Waals surface area (Å²) in [6, 6.07) is 27.3. The van der Waals surface area contributed by atoms with Gasteiger partial charge in [0.15, 0.2) is 0 Å². The summed E-state index contributed by atoms with van der Waals surface area (Å²) in [5, 5.41) is 2.31. The maximum Gasteiger partial charge on any atom is 0.123 e. The Kier molecular flexibility index (Phi) is 4.34. The van der Waals surface area contributed by atoms with Crippen molar-refractivity contribution in [2.24, 2.45) is 0 Å². The van der Waals surface area contributed by atoms with Crippen molar-refractivity contribution >= 4 is 10.8 Å². The molecule has 0 radical (unpaired) electrons. The average Bonchev–Trinajstić information content (AvgIpc) is 2.79. The normalized spacial score (nSPS) is 10.9. The molecule has 0 spiro atoms. The Morgan fingerprint density at radius 1 is 0.552 bits per heavy atom. The lowest BCUT2D eigenvalue weighted by atomic mass is 9.98. The third-order valence-electron chi connectivity index (χ3n) is 5.07. The SMILES string of the molecule is Fc1ccc(-c2ccc3ccc(-c4ccc(-c5cccnc5)nc4)cc3c2)cc1. The first-order chi connectivity index (χ1) is 14.3. The average molecular weight is 376 g/mol. The molecule has 0 saturated carbocycles. The molecule has 29 heavy (non-hydrogen) atoms. The number of halogens is 1. The number of rotatable bonds is 3. The van der Waals surface area contributed by atoms with E-state index in [9.17, 15) is 4.39 Å². The van der Waals surface area contributed by atoms with Crippen LogP contribution in [0.15, 0.2) is 104 Å². The van der Waals surface area contributed by atoms with Gasteiger partial charge in [-0.15, -0.1) is 0 Å². The fraction of sp³-hybridized carbons (Fsp3) is 0. The number of benzene rings is 3. The van der Waals surface area contributed by atoms with Crippen molar-refractivity contribution in [3.8, 4) is 33.5 Å². The van der Waals surface area contributed by atoms with E-state index in [4.69, 9.17) is 0 Å². The summed E-state index contributed by atoms with van der Waals surface area (Å²) in [7, 11) is 0. The Balaban J connectivity index is 1.51. The first-order valence-electron chi connectivity index (χ1n) is 9.43. The molecule has 0 aliphatic heterocycles. The fourth-order valence-electron chi connectivity index (χ4n) is 3.50. The summed E-state index contributed by atoms with van der Waals surface area (Å²) in [5.41, 5.74) is 6.15. The summed E-state index contributed by atoms with van der Waals surface area (Å²) in [6.45, 7) is 0. The van der Waals surface area contributed by atoms with E-state index in [0.717, 1.165) is 38.9 Å². The van der Waals surface area contributed by atoms with Crippen molar-refractivity contribution in [3.05, 3.63) is 109 Å². The monoisotopic (exact) mass is 376 g/mol. The largest absolute Gasteiger partial charge is 0.264 e. The molecule has 2 heterocycles. The smallest absolute Gasteiger partial charge is 0.123 e. The Morgan fingerprint density at radius 3 is 1.90 bits per heavy atom. The van der Waals surface area contributed by atoms with Crippen LogP contribution < -0.4 is 0 Å². The second-order valence-electron chi connectivity index (χ2n) is 6.96. The lowest BCUT2D eigenvalue weighted by molar-refractivity contribution is 0.628. The van der Waals surface area contributed by atoms with Crippen molar-refractivity contribution in [1.29, 1.82) is 0 Å². The maximum absolute atomic E-state index is 13.2. The van der Waals surface area contributed by atoms with Gasteiger partial charge in [0.1, 0.15) is 5.82 Å². The van der Waals surface area contributed by atoms with Crippen molar-refractivity contribution in [2.75, 3.05) is 0 Å². The molecule has 0 atom stereocenters. The van der Waals surface area contributed by atoms with Crippen LogP contribution in [-0.4, -0.2) is 9.97 Å². The Hall–Kier alpha value is -3.85. The van der Waals surface area contributed by atoms with Gasteiger partial charge in [0, 0.05) is 29.7 Å². The zero-order valence-electron chi connectivity index (χ0n) is 15.6. The third-order valence-corrected chi connectivity index (χ3v) is 5.07. The maximum atomic E-state index is 13.2. The summed E-state index contributed by atoms with van der Waals surface area (Å²) in [6.07, 6.45) is 5.47. The highest BCUT2D eigenvalue weighted by atomic mass is 19.1. The first-order valence-corrected chi connectivity index (χ1v) is 9.43. The van der Waals surface area contributed by atoms with E-state index >= 15 is 0 Å². The Morgan fingerprint density at radius 2 is 1.24 bits per heavy atom. The minimum absolute atomic E-state index is 0.223. The van der Waals surface area contributed by atoms with Gasteiger partial charge in [0.05, 0.1) is 5.69 Å². The van der Waals surface area contributed by atoms with E-state index in [1.165, 1.54) is 17.5 Å². The Bertz CT molecular complexity index is 1280. The minimum atomic E-state index is -0.223.